The second kappa shape index (κ2) is 13.9. The molecule has 168 valence electrons. The molecule has 1 aromatic carbocycles. The fourth-order valence-corrected chi connectivity index (χ4v) is 2.58. The molecule has 0 unspecified atom stereocenters. The van der Waals surface area contributed by atoms with Crippen LogP contribution < -0.4 is 14.8 Å². The van der Waals surface area contributed by atoms with E-state index in [1.807, 2.05) is 25.1 Å². The minimum atomic E-state index is -0.355. The topological polar surface area (TPSA) is 101 Å². The van der Waals surface area contributed by atoms with E-state index in [4.69, 9.17) is 23.8 Å². The van der Waals surface area contributed by atoms with Crippen molar-refractivity contribution in [3.63, 3.8) is 0 Å². The average Bonchev–Trinajstić information content (AvgIpc) is 2.81. The van der Waals surface area contributed by atoms with Crippen molar-refractivity contribution in [3.8, 4) is 11.8 Å². The summed E-state index contributed by atoms with van der Waals surface area (Å²) in [5.74, 6) is 0.479. The van der Waals surface area contributed by atoms with Crippen LogP contribution in [-0.2, 0) is 25.7 Å². The Morgan fingerprint density at radius 1 is 0.968 bits per heavy atom. The lowest BCUT2D eigenvalue weighted by atomic mass is 10.0. The predicted octanol–water partition coefficient (Wildman–Crippen LogP) is 2.19. The van der Waals surface area contributed by atoms with Crippen LogP contribution in [-0.4, -0.2) is 63.8 Å². The molecule has 0 aliphatic carbocycles. The zero-order chi connectivity index (χ0) is 22.3. The molecule has 1 N–H and O–H groups in total. The number of benzene rings is 1. The Balaban J connectivity index is 1.94. The van der Waals surface area contributed by atoms with Crippen LogP contribution in [0.3, 0.4) is 0 Å². The van der Waals surface area contributed by atoms with E-state index in [-0.39, 0.29) is 18.2 Å². The van der Waals surface area contributed by atoms with Gasteiger partial charge in [-0.3, -0.25) is 4.79 Å². The Kier molecular flexibility index (Phi) is 10.8. The van der Waals surface area contributed by atoms with E-state index in [2.05, 4.69) is 15.5 Å². The van der Waals surface area contributed by atoms with E-state index in [9.17, 15) is 4.79 Å². The van der Waals surface area contributed by atoms with Crippen molar-refractivity contribution in [1.29, 1.82) is 0 Å². The molecular formula is C22H29N3O6. The van der Waals surface area contributed by atoms with Crippen molar-refractivity contribution in [3.05, 3.63) is 53.6 Å². The maximum absolute atomic E-state index is 12.2. The van der Waals surface area contributed by atoms with Crippen molar-refractivity contribution in [1.82, 2.24) is 10.3 Å². The summed E-state index contributed by atoms with van der Waals surface area (Å²) < 4.78 is 22.0. The molecule has 0 aliphatic heterocycles. The maximum Gasteiger partial charge on any atom is 0.273 e. The molecule has 0 aliphatic rings. The molecule has 2 aromatic rings. The number of aromatic nitrogens is 1. The largest absolute Gasteiger partial charge is 0.475 e. The predicted molar refractivity (Wildman–Crippen MR) is 115 cm³/mol. The summed E-state index contributed by atoms with van der Waals surface area (Å²) >= 11 is 0. The highest BCUT2D eigenvalue weighted by Crippen LogP contribution is 2.17. The Morgan fingerprint density at radius 2 is 1.68 bits per heavy atom. The maximum atomic E-state index is 12.2. The van der Waals surface area contributed by atoms with Crippen molar-refractivity contribution >= 4 is 11.6 Å². The first-order chi connectivity index (χ1) is 15.2. The lowest BCUT2D eigenvalue weighted by Crippen LogP contribution is -2.29. The van der Waals surface area contributed by atoms with Gasteiger partial charge in [-0.1, -0.05) is 35.5 Å². The van der Waals surface area contributed by atoms with Crippen molar-refractivity contribution < 1.29 is 28.6 Å². The van der Waals surface area contributed by atoms with E-state index in [0.717, 1.165) is 5.56 Å². The van der Waals surface area contributed by atoms with Gasteiger partial charge in [0.05, 0.1) is 19.8 Å². The van der Waals surface area contributed by atoms with Gasteiger partial charge in [0.25, 0.3) is 5.91 Å². The van der Waals surface area contributed by atoms with E-state index in [1.165, 1.54) is 14.2 Å². The molecule has 31 heavy (non-hydrogen) atoms. The lowest BCUT2D eigenvalue weighted by Gasteiger charge is -2.12. The fourth-order valence-electron chi connectivity index (χ4n) is 2.58. The molecule has 9 heteroatoms. The van der Waals surface area contributed by atoms with Crippen LogP contribution in [0.15, 0.2) is 47.6 Å². The molecular weight excluding hydrogens is 402 g/mol. The smallest absolute Gasteiger partial charge is 0.273 e. The highest BCUT2D eigenvalue weighted by atomic mass is 16.6. The van der Waals surface area contributed by atoms with E-state index in [1.54, 1.807) is 24.3 Å². The fraction of sp³-hybridized carbons (Fsp3) is 0.409. The Bertz CT molecular complexity index is 844. The molecule has 2 rings (SSSR count). The van der Waals surface area contributed by atoms with Crippen LogP contribution >= 0.6 is 0 Å². The number of oxime groups is 1. The Morgan fingerprint density at radius 3 is 2.42 bits per heavy atom. The van der Waals surface area contributed by atoms with Gasteiger partial charge in [0.1, 0.15) is 20.3 Å². The number of hydrogen-bond acceptors (Lipinski definition) is 8. The van der Waals surface area contributed by atoms with Crippen LogP contribution in [0.1, 0.15) is 18.1 Å². The molecule has 0 saturated heterocycles. The average molecular weight is 431 g/mol. The zero-order valence-electron chi connectivity index (χ0n) is 18.1. The first-order valence-electron chi connectivity index (χ1n) is 9.99. The second-order valence-corrected chi connectivity index (χ2v) is 6.12. The number of pyridine rings is 1. The van der Waals surface area contributed by atoms with Crippen LogP contribution in [0.25, 0.3) is 0 Å². The molecule has 0 saturated carbocycles. The number of carbonyl (C=O) groups excluding carboxylic acids is 1. The van der Waals surface area contributed by atoms with Gasteiger partial charge in [0.15, 0.2) is 5.71 Å². The number of nitrogens with one attached hydrogen (secondary N) is 1. The van der Waals surface area contributed by atoms with E-state index >= 15 is 0 Å². The number of rotatable bonds is 14. The molecule has 1 heterocycles. The van der Waals surface area contributed by atoms with Gasteiger partial charge < -0.3 is 29.1 Å². The lowest BCUT2D eigenvalue weighted by molar-refractivity contribution is -0.114. The van der Waals surface area contributed by atoms with Gasteiger partial charge >= 0.3 is 0 Å². The summed E-state index contributed by atoms with van der Waals surface area (Å²) in [4.78, 5) is 21.3. The Labute approximate surface area is 182 Å². The van der Waals surface area contributed by atoms with Crippen molar-refractivity contribution in [2.75, 3.05) is 47.2 Å². The van der Waals surface area contributed by atoms with Gasteiger partial charge in [-0.2, -0.15) is 4.98 Å². The molecule has 0 bridgehead atoms. The van der Waals surface area contributed by atoms with Crippen LogP contribution in [0.5, 0.6) is 11.8 Å². The molecule has 1 aromatic heterocycles. The number of nitrogens with zero attached hydrogens (tertiary/aromatic N) is 2. The summed E-state index contributed by atoms with van der Waals surface area (Å²) in [7, 11) is 2.92. The minimum absolute atomic E-state index is 0.165. The summed E-state index contributed by atoms with van der Waals surface area (Å²) in [5, 5.41) is 6.41. The second-order valence-electron chi connectivity index (χ2n) is 6.12. The summed E-state index contributed by atoms with van der Waals surface area (Å²) in [6.07, 6.45) is 0. The first kappa shape index (κ1) is 24.1. The molecule has 0 spiro atoms. The van der Waals surface area contributed by atoms with Crippen LogP contribution in [0.4, 0.5) is 0 Å². The number of amides is 1. The normalized spacial score (nSPS) is 11.1. The zero-order valence-corrected chi connectivity index (χ0v) is 18.1. The number of ether oxygens (including phenoxy) is 4. The molecule has 9 nitrogen and oxygen atoms in total. The van der Waals surface area contributed by atoms with Gasteiger partial charge in [-0.05, 0) is 12.5 Å². The third-order valence-corrected chi connectivity index (χ3v) is 4.02. The summed E-state index contributed by atoms with van der Waals surface area (Å²) in [6.45, 7) is 4.70. The number of likely N-dealkylation sites (N-methyl/N-ethyl adjacent to an activating group) is 1. The highest BCUT2D eigenvalue weighted by molar-refractivity contribution is 6.45. The number of hydrogen-bond donors (Lipinski definition) is 1. The third-order valence-electron chi connectivity index (χ3n) is 4.02. The molecule has 0 atom stereocenters. The number of carbonyl (C=O) groups is 1. The van der Waals surface area contributed by atoms with Crippen molar-refractivity contribution in [2.24, 2.45) is 5.16 Å². The van der Waals surface area contributed by atoms with E-state index < -0.39 is 0 Å². The highest BCUT2D eigenvalue weighted by Gasteiger charge is 2.17. The molecule has 1 amide bonds. The van der Waals surface area contributed by atoms with Crippen molar-refractivity contribution in [2.45, 2.75) is 13.5 Å². The molecule has 0 fully saturated rings. The molecule has 0 radical (unpaired) electrons. The Hall–Kier alpha value is -3.17. The summed E-state index contributed by atoms with van der Waals surface area (Å²) in [6, 6.07) is 12.6. The van der Waals surface area contributed by atoms with Crippen LogP contribution in [0, 0.1) is 0 Å². The SMILES string of the molecule is CCOCCOCCOc1cccc(OCc2ccccc2/C(=N\OC)C(=O)NC)n1. The van der Waals surface area contributed by atoms with Gasteiger partial charge in [0, 0.05) is 31.4 Å². The first-order valence-corrected chi connectivity index (χ1v) is 9.99. The van der Waals surface area contributed by atoms with E-state index in [0.29, 0.717) is 50.4 Å². The van der Waals surface area contributed by atoms with Gasteiger partial charge in [0.2, 0.25) is 11.8 Å². The quantitative estimate of drug-likeness (QED) is 0.278. The third kappa shape index (κ3) is 8.23. The monoisotopic (exact) mass is 431 g/mol. The van der Waals surface area contributed by atoms with Gasteiger partial charge in [-0.15, -0.1) is 0 Å². The van der Waals surface area contributed by atoms with Crippen LogP contribution in [0.2, 0.25) is 0 Å². The summed E-state index contributed by atoms with van der Waals surface area (Å²) in [5.41, 5.74) is 1.54. The van der Waals surface area contributed by atoms with Gasteiger partial charge in [-0.25, -0.2) is 0 Å². The minimum Gasteiger partial charge on any atom is -0.475 e. The standard InChI is InChI=1S/C22H29N3O6/c1-4-28-12-13-29-14-15-30-19-10-7-11-20(24-19)31-16-17-8-5-6-9-18(17)21(25-27-3)22(26)23-2/h5-11H,4,12-16H2,1-3H3,(H,23,26)/b25-21+.